The largest absolute Gasteiger partial charge is 0.496 e. The average Bonchev–Trinajstić information content (AvgIpc) is 2.57. The van der Waals surface area contributed by atoms with Crippen molar-refractivity contribution in [3.63, 3.8) is 0 Å². The first-order valence-corrected chi connectivity index (χ1v) is 6.29. The topological polar surface area (TPSA) is 25.8 Å². The number of nitrogens with two attached hydrogens (primary N) is 1. The Labute approximate surface area is 98.0 Å². The summed E-state index contributed by atoms with van der Waals surface area (Å²) in [5.41, 5.74) is 2.71. The van der Waals surface area contributed by atoms with Crippen molar-refractivity contribution in [1.29, 1.82) is 0 Å². The lowest BCUT2D eigenvalue weighted by Crippen LogP contribution is -2.84. The molecule has 1 fully saturated rings. The number of aryl methyl sites for hydroxylation is 1. The molecule has 2 heteroatoms. The predicted octanol–water partition coefficient (Wildman–Crippen LogP) is 2.18. The predicted molar refractivity (Wildman–Crippen MR) is 65.7 cm³/mol. The van der Waals surface area contributed by atoms with Gasteiger partial charge in [-0.2, -0.15) is 0 Å². The molecule has 0 radical (unpaired) electrons. The third-order valence-electron chi connectivity index (χ3n) is 3.52. The number of benzene rings is 1. The van der Waals surface area contributed by atoms with Gasteiger partial charge in [-0.1, -0.05) is 0 Å². The lowest BCUT2D eigenvalue weighted by atomic mass is 10.00. The number of hydrogen-bond acceptors (Lipinski definition) is 1. The fourth-order valence-corrected chi connectivity index (χ4v) is 2.56. The van der Waals surface area contributed by atoms with E-state index in [2.05, 4.69) is 30.4 Å². The zero-order chi connectivity index (χ0) is 11.4. The standard InChI is InChI=1S/C14H21NO/c1-11-10-12(7-8-14(11)16-2)13-6-4-3-5-9-15-13/h7-8,10,13,15H,3-6,9H2,1-2H3/p+1/t13-/m0/s1. The SMILES string of the molecule is COc1ccc([C@@H]2CCCCC[NH2+]2)cc1C. The molecular formula is C14H22NO+. The van der Waals surface area contributed by atoms with Crippen LogP contribution in [0, 0.1) is 6.92 Å². The van der Waals surface area contributed by atoms with Crippen LogP contribution in [-0.4, -0.2) is 13.7 Å². The van der Waals surface area contributed by atoms with Crippen molar-refractivity contribution in [2.24, 2.45) is 0 Å². The monoisotopic (exact) mass is 220 g/mol. The minimum atomic E-state index is 0.659. The van der Waals surface area contributed by atoms with E-state index in [1.807, 2.05) is 0 Å². The molecule has 0 unspecified atom stereocenters. The molecular weight excluding hydrogens is 198 g/mol. The molecule has 1 aliphatic rings. The van der Waals surface area contributed by atoms with E-state index in [-0.39, 0.29) is 0 Å². The van der Waals surface area contributed by atoms with Gasteiger partial charge in [0, 0.05) is 12.0 Å². The molecule has 0 saturated carbocycles. The van der Waals surface area contributed by atoms with Gasteiger partial charge < -0.3 is 10.1 Å². The molecule has 2 rings (SSSR count). The molecule has 2 N–H and O–H groups in total. The lowest BCUT2D eigenvalue weighted by Gasteiger charge is -2.14. The molecule has 1 saturated heterocycles. The van der Waals surface area contributed by atoms with E-state index in [4.69, 9.17) is 4.74 Å². The highest BCUT2D eigenvalue weighted by Crippen LogP contribution is 2.24. The number of methoxy groups -OCH3 is 1. The molecule has 0 aromatic heterocycles. The fourth-order valence-electron chi connectivity index (χ4n) is 2.56. The van der Waals surface area contributed by atoms with Crippen LogP contribution in [0.15, 0.2) is 18.2 Å². The van der Waals surface area contributed by atoms with Crippen molar-refractivity contribution in [2.45, 2.75) is 38.6 Å². The van der Waals surface area contributed by atoms with E-state index in [1.165, 1.54) is 43.4 Å². The molecule has 0 aliphatic carbocycles. The summed E-state index contributed by atoms with van der Waals surface area (Å²) in [6.45, 7) is 3.40. The summed E-state index contributed by atoms with van der Waals surface area (Å²) in [5.74, 6) is 0.998. The van der Waals surface area contributed by atoms with Crippen molar-refractivity contribution in [3.8, 4) is 5.75 Å². The van der Waals surface area contributed by atoms with E-state index >= 15 is 0 Å². The molecule has 0 spiro atoms. The van der Waals surface area contributed by atoms with Crippen LogP contribution in [0.4, 0.5) is 0 Å². The van der Waals surface area contributed by atoms with Gasteiger partial charge >= 0.3 is 0 Å². The first-order chi connectivity index (χ1) is 7.81. The van der Waals surface area contributed by atoms with Crippen LogP contribution >= 0.6 is 0 Å². The minimum absolute atomic E-state index is 0.659. The minimum Gasteiger partial charge on any atom is -0.496 e. The lowest BCUT2D eigenvalue weighted by molar-refractivity contribution is -0.694. The average molecular weight is 220 g/mol. The molecule has 1 aromatic rings. The van der Waals surface area contributed by atoms with Gasteiger partial charge in [0.15, 0.2) is 0 Å². The van der Waals surface area contributed by atoms with Crippen LogP contribution < -0.4 is 10.1 Å². The Kier molecular flexibility index (Phi) is 3.83. The number of quaternary nitrogens is 1. The van der Waals surface area contributed by atoms with Crippen molar-refractivity contribution in [3.05, 3.63) is 29.3 Å². The van der Waals surface area contributed by atoms with Gasteiger partial charge in [-0.3, -0.25) is 0 Å². The van der Waals surface area contributed by atoms with E-state index in [1.54, 1.807) is 7.11 Å². The van der Waals surface area contributed by atoms with Gasteiger partial charge in [0.1, 0.15) is 11.8 Å². The molecule has 1 aromatic carbocycles. The van der Waals surface area contributed by atoms with Crippen LogP contribution in [-0.2, 0) is 0 Å². The van der Waals surface area contributed by atoms with Crippen LogP contribution in [0.25, 0.3) is 0 Å². The molecule has 2 nitrogen and oxygen atoms in total. The molecule has 1 aliphatic heterocycles. The highest BCUT2D eigenvalue weighted by Gasteiger charge is 2.17. The zero-order valence-corrected chi connectivity index (χ0v) is 10.3. The van der Waals surface area contributed by atoms with Gasteiger partial charge in [-0.05, 0) is 49.9 Å². The molecule has 0 bridgehead atoms. The van der Waals surface area contributed by atoms with Gasteiger partial charge in [-0.15, -0.1) is 0 Å². The van der Waals surface area contributed by atoms with Gasteiger partial charge in [-0.25, -0.2) is 0 Å². The van der Waals surface area contributed by atoms with Crippen molar-refractivity contribution in [2.75, 3.05) is 13.7 Å². The van der Waals surface area contributed by atoms with Gasteiger partial charge in [0.2, 0.25) is 0 Å². The molecule has 1 heterocycles. The Balaban J connectivity index is 2.16. The molecule has 88 valence electrons. The Hall–Kier alpha value is -1.02. The summed E-state index contributed by atoms with van der Waals surface area (Å²) in [7, 11) is 1.74. The first kappa shape index (κ1) is 11.5. The number of hydrogen-bond donors (Lipinski definition) is 1. The number of rotatable bonds is 2. The van der Waals surface area contributed by atoms with Crippen LogP contribution in [0.2, 0.25) is 0 Å². The third kappa shape index (κ3) is 2.56. The van der Waals surface area contributed by atoms with Crippen LogP contribution in [0.3, 0.4) is 0 Å². The summed E-state index contributed by atoms with van der Waals surface area (Å²) in [5, 5.41) is 2.49. The van der Waals surface area contributed by atoms with Crippen molar-refractivity contribution < 1.29 is 10.1 Å². The van der Waals surface area contributed by atoms with E-state index in [0.29, 0.717) is 6.04 Å². The Bertz CT molecular complexity index is 341. The highest BCUT2D eigenvalue weighted by atomic mass is 16.5. The Morgan fingerprint density at radius 2 is 2.12 bits per heavy atom. The number of ether oxygens (including phenoxy) is 1. The second kappa shape index (κ2) is 5.35. The van der Waals surface area contributed by atoms with Crippen molar-refractivity contribution >= 4 is 0 Å². The summed E-state index contributed by atoms with van der Waals surface area (Å²) in [6.07, 6.45) is 5.44. The molecule has 1 atom stereocenters. The van der Waals surface area contributed by atoms with E-state index in [0.717, 1.165) is 5.75 Å². The Morgan fingerprint density at radius 3 is 2.88 bits per heavy atom. The second-order valence-electron chi connectivity index (χ2n) is 4.71. The maximum absolute atomic E-state index is 5.30. The summed E-state index contributed by atoms with van der Waals surface area (Å²) >= 11 is 0. The fraction of sp³-hybridized carbons (Fsp3) is 0.571. The van der Waals surface area contributed by atoms with Crippen molar-refractivity contribution in [1.82, 2.24) is 0 Å². The summed E-state index contributed by atoms with van der Waals surface area (Å²) in [4.78, 5) is 0. The smallest absolute Gasteiger partial charge is 0.121 e. The quantitative estimate of drug-likeness (QED) is 0.812. The Morgan fingerprint density at radius 1 is 1.25 bits per heavy atom. The van der Waals surface area contributed by atoms with Crippen LogP contribution in [0.1, 0.15) is 42.9 Å². The summed E-state index contributed by atoms with van der Waals surface area (Å²) < 4.78 is 5.30. The molecule has 0 amide bonds. The van der Waals surface area contributed by atoms with E-state index < -0.39 is 0 Å². The van der Waals surface area contributed by atoms with Crippen LogP contribution in [0.5, 0.6) is 5.75 Å². The van der Waals surface area contributed by atoms with Gasteiger partial charge in [0.05, 0.1) is 13.7 Å². The maximum Gasteiger partial charge on any atom is 0.121 e. The summed E-state index contributed by atoms with van der Waals surface area (Å²) in [6, 6.07) is 7.26. The maximum atomic E-state index is 5.30. The third-order valence-corrected chi connectivity index (χ3v) is 3.52. The zero-order valence-electron chi connectivity index (χ0n) is 10.3. The second-order valence-corrected chi connectivity index (χ2v) is 4.71. The van der Waals surface area contributed by atoms with Gasteiger partial charge in [0.25, 0.3) is 0 Å². The molecule has 16 heavy (non-hydrogen) atoms. The normalized spacial score (nSPS) is 21.5. The first-order valence-electron chi connectivity index (χ1n) is 6.29. The van der Waals surface area contributed by atoms with E-state index in [9.17, 15) is 0 Å². The highest BCUT2D eigenvalue weighted by molar-refractivity contribution is 5.36.